The van der Waals surface area contributed by atoms with Crippen LogP contribution in [-0.4, -0.2) is 18.1 Å². The predicted molar refractivity (Wildman–Crippen MR) is 58.4 cm³/mol. The lowest BCUT2D eigenvalue weighted by atomic mass is 9.95. The Morgan fingerprint density at radius 2 is 2.33 bits per heavy atom. The van der Waals surface area contributed by atoms with E-state index in [1.807, 2.05) is 6.92 Å². The van der Waals surface area contributed by atoms with Crippen molar-refractivity contribution < 1.29 is 4.42 Å². The summed E-state index contributed by atoms with van der Waals surface area (Å²) in [6.45, 7) is 4.16. The van der Waals surface area contributed by atoms with Gasteiger partial charge in [0.05, 0.1) is 5.69 Å². The van der Waals surface area contributed by atoms with Gasteiger partial charge in [0.25, 0.3) is 0 Å². The highest BCUT2D eigenvalue weighted by atomic mass is 16.3. The fourth-order valence-electron chi connectivity index (χ4n) is 1.96. The Kier molecular flexibility index (Phi) is 3.38. The molecular formula is C11H19N3O. The van der Waals surface area contributed by atoms with Crippen LogP contribution in [0.3, 0.4) is 0 Å². The van der Waals surface area contributed by atoms with Crippen molar-refractivity contribution in [3.63, 3.8) is 0 Å². The number of hydrogen-bond acceptors (Lipinski definition) is 4. The average molecular weight is 209 g/mol. The maximum Gasteiger partial charge on any atom is 0.194 e. The molecule has 2 heterocycles. The van der Waals surface area contributed by atoms with Crippen LogP contribution in [-0.2, 0) is 6.42 Å². The maximum atomic E-state index is 5.73. The van der Waals surface area contributed by atoms with Crippen molar-refractivity contribution in [2.24, 2.45) is 11.7 Å². The number of oxazole rings is 1. The summed E-state index contributed by atoms with van der Waals surface area (Å²) >= 11 is 0. The fourth-order valence-corrected chi connectivity index (χ4v) is 1.96. The third-order valence-electron chi connectivity index (χ3n) is 2.96. The molecule has 0 bridgehead atoms. The largest absolute Gasteiger partial charge is 0.449 e. The van der Waals surface area contributed by atoms with E-state index in [9.17, 15) is 0 Å². The van der Waals surface area contributed by atoms with Crippen molar-refractivity contribution in [2.75, 3.05) is 13.1 Å². The van der Waals surface area contributed by atoms with E-state index in [0.29, 0.717) is 5.92 Å². The molecule has 15 heavy (non-hydrogen) atoms. The number of nitrogens with two attached hydrogens (primary N) is 1. The second kappa shape index (κ2) is 4.77. The highest BCUT2D eigenvalue weighted by molar-refractivity contribution is 5.01. The van der Waals surface area contributed by atoms with E-state index in [-0.39, 0.29) is 6.04 Å². The van der Waals surface area contributed by atoms with E-state index >= 15 is 0 Å². The minimum Gasteiger partial charge on any atom is -0.449 e. The summed E-state index contributed by atoms with van der Waals surface area (Å²) < 4.78 is 5.42. The monoisotopic (exact) mass is 209 g/mol. The van der Waals surface area contributed by atoms with Gasteiger partial charge in [0.2, 0.25) is 0 Å². The van der Waals surface area contributed by atoms with Gasteiger partial charge in [-0.15, -0.1) is 0 Å². The summed E-state index contributed by atoms with van der Waals surface area (Å²) in [4.78, 5) is 4.39. The van der Waals surface area contributed by atoms with Gasteiger partial charge in [-0.3, -0.25) is 0 Å². The van der Waals surface area contributed by atoms with Crippen LogP contribution in [0.15, 0.2) is 10.7 Å². The summed E-state index contributed by atoms with van der Waals surface area (Å²) in [6, 6.07) is -0.0319. The molecule has 1 aromatic heterocycles. The van der Waals surface area contributed by atoms with Crippen molar-refractivity contribution in [1.29, 1.82) is 0 Å². The molecule has 0 saturated carbocycles. The number of nitrogens with one attached hydrogen (secondary N) is 1. The van der Waals surface area contributed by atoms with Gasteiger partial charge in [-0.05, 0) is 38.8 Å². The number of hydrogen-bond donors (Lipinski definition) is 2. The van der Waals surface area contributed by atoms with Crippen LogP contribution < -0.4 is 11.1 Å². The molecule has 3 N–H and O–H groups in total. The lowest BCUT2D eigenvalue weighted by molar-refractivity contribution is 0.341. The average Bonchev–Trinajstić information content (AvgIpc) is 2.68. The standard InChI is InChI=1S/C11H19N3O/c1-8(12)10-7-15-11(14-10)6-9-2-4-13-5-3-9/h7-9,13H,2-6,12H2,1H3. The molecule has 1 unspecified atom stereocenters. The van der Waals surface area contributed by atoms with Crippen molar-refractivity contribution in [3.05, 3.63) is 17.8 Å². The Balaban J connectivity index is 1.91. The molecule has 4 heteroatoms. The molecule has 0 spiro atoms. The Labute approximate surface area is 90.2 Å². The Hall–Kier alpha value is -0.870. The maximum absolute atomic E-state index is 5.73. The fraction of sp³-hybridized carbons (Fsp3) is 0.727. The minimum absolute atomic E-state index is 0.0319. The summed E-state index contributed by atoms with van der Waals surface area (Å²) in [6.07, 6.45) is 5.07. The lowest BCUT2D eigenvalue weighted by Gasteiger charge is -2.20. The normalized spacial score (nSPS) is 20.4. The summed E-state index contributed by atoms with van der Waals surface area (Å²) in [5, 5.41) is 3.35. The SMILES string of the molecule is CC(N)c1coc(CC2CCNCC2)n1. The molecule has 0 amide bonds. The molecule has 1 saturated heterocycles. The van der Waals surface area contributed by atoms with Crippen LogP contribution in [0.4, 0.5) is 0 Å². The van der Waals surface area contributed by atoms with Gasteiger partial charge in [-0.2, -0.15) is 0 Å². The second-order valence-electron chi connectivity index (χ2n) is 4.35. The van der Waals surface area contributed by atoms with Crippen LogP contribution in [0.5, 0.6) is 0 Å². The topological polar surface area (TPSA) is 64.1 Å². The first kappa shape index (κ1) is 10.6. The third kappa shape index (κ3) is 2.79. The zero-order valence-corrected chi connectivity index (χ0v) is 9.20. The van der Waals surface area contributed by atoms with Gasteiger partial charge >= 0.3 is 0 Å². The molecule has 1 fully saturated rings. The number of rotatable bonds is 3. The Bertz CT molecular complexity index is 303. The van der Waals surface area contributed by atoms with Crippen molar-refractivity contribution in [3.8, 4) is 0 Å². The number of aromatic nitrogens is 1. The van der Waals surface area contributed by atoms with Crippen LogP contribution in [0.1, 0.15) is 37.4 Å². The molecule has 4 nitrogen and oxygen atoms in total. The van der Waals surface area contributed by atoms with E-state index in [0.717, 1.165) is 31.1 Å². The highest BCUT2D eigenvalue weighted by Gasteiger charge is 2.16. The molecule has 84 valence electrons. The summed E-state index contributed by atoms with van der Waals surface area (Å²) in [5.74, 6) is 1.56. The molecular weight excluding hydrogens is 190 g/mol. The van der Waals surface area contributed by atoms with Crippen LogP contribution in [0.25, 0.3) is 0 Å². The van der Waals surface area contributed by atoms with Gasteiger partial charge in [0.15, 0.2) is 5.89 Å². The van der Waals surface area contributed by atoms with Crippen LogP contribution >= 0.6 is 0 Å². The van der Waals surface area contributed by atoms with E-state index in [1.54, 1.807) is 6.26 Å². The van der Waals surface area contributed by atoms with E-state index in [2.05, 4.69) is 10.3 Å². The van der Waals surface area contributed by atoms with Crippen molar-refractivity contribution >= 4 is 0 Å². The second-order valence-corrected chi connectivity index (χ2v) is 4.35. The molecule has 0 aliphatic carbocycles. The highest BCUT2D eigenvalue weighted by Crippen LogP contribution is 2.18. The number of piperidine rings is 1. The first-order valence-corrected chi connectivity index (χ1v) is 5.66. The van der Waals surface area contributed by atoms with Gasteiger partial charge in [0, 0.05) is 12.5 Å². The van der Waals surface area contributed by atoms with E-state index in [4.69, 9.17) is 10.2 Å². The molecule has 0 radical (unpaired) electrons. The first-order valence-electron chi connectivity index (χ1n) is 5.66. The molecule has 1 atom stereocenters. The quantitative estimate of drug-likeness (QED) is 0.786. The Morgan fingerprint density at radius 3 is 2.93 bits per heavy atom. The summed E-state index contributed by atoms with van der Waals surface area (Å²) in [7, 11) is 0. The van der Waals surface area contributed by atoms with Crippen LogP contribution in [0.2, 0.25) is 0 Å². The van der Waals surface area contributed by atoms with Gasteiger partial charge in [-0.1, -0.05) is 0 Å². The Morgan fingerprint density at radius 1 is 1.60 bits per heavy atom. The van der Waals surface area contributed by atoms with Gasteiger partial charge < -0.3 is 15.5 Å². The number of nitrogens with zero attached hydrogens (tertiary/aromatic N) is 1. The zero-order chi connectivity index (χ0) is 10.7. The van der Waals surface area contributed by atoms with Crippen molar-refractivity contribution in [2.45, 2.75) is 32.2 Å². The molecule has 0 aromatic carbocycles. The lowest BCUT2D eigenvalue weighted by Crippen LogP contribution is -2.28. The predicted octanol–water partition coefficient (Wildman–Crippen LogP) is 1.24. The van der Waals surface area contributed by atoms with Gasteiger partial charge in [0.1, 0.15) is 6.26 Å². The van der Waals surface area contributed by atoms with Crippen LogP contribution in [0, 0.1) is 5.92 Å². The molecule has 1 aromatic rings. The minimum atomic E-state index is -0.0319. The zero-order valence-electron chi connectivity index (χ0n) is 9.20. The molecule has 1 aliphatic rings. The van der Waals surface area contributed by atoms with E-state index in [1.165, 1.54) is 12.8 Å². The third-order valence-corrected chi connectivity index (χ3v) is 2.96. The smallest absolute Gasteiger partial charge is 0.194 e. The van der Waals surface area contributed by atoms with Gasteiger partial charge in [-0.25, -0.2) is 4.98 Å². The van der Waals surface area contributed by atoms with E-state index < -0.39 is 0 Å². The molecule has 2 rings (SSSR count). The first-order chi connectivity index (χ1) is 7.25. The molecule has 1 aliphatic heterocycles. The summed E-state index contributed by atoms with van der Waals surface area (Å²) in [5.41, 5.74) is 6.59. The van der Waals surface area contributed by atoms with Crippen molar-refractivity contribution in [1.82, 2.24) is 10.3 Å².